The van der Waals surface area contributed by atoms with Gasteiger partial charge in [0.2, 0.25) is 0 Å². The molecule has 4 heteroatoms. The van der Waals surface area contributed by atoms with E-state index >= 15 is 0 Å². The number of carboxylic acid groups (broad SMARTS) is 1. The third-order valence-corrected chi connectivity index (χ3v) is 6.27. The summed E-state index contributed by atoms with van der Waals surface area (Å²) in [6.45, 7) is 4.58. The van der Waals surface area contributed by atoms with Gasteiger partial charge in [0.05, 0.1) is 18.9 Å². The van der Waals surface area contributed by atoms with Crippen molar-refractivity contribution in [2.45, 2.75) is 149 Å². The number of carbonyl (C=O) groups excluding carboxylic acids is 1. The summed E-state index contributed by atoms with van der Waals surface area (Å²) in [5.74, 6) is -1.74. The normalized spacial score (nSPS) is 12.3. The fourth-order valence-electron chi connectivity index (χ4n) is 4.18. The monoisotopic (exact) mass is 466 g/mol. The largest absolute Gasteiger partial charge is 0.481 e. The Morgan fingerprint density at radius 1 is 0.667 bits per heavy atom. The van der Waals surface area contributed by atoms with Gasteiger partial charge in [-0.15, -0.1) is 0 Å². The highest BCUT2D eigenvalue weighted by Gasteiger charge is 2.22. The van der Waals surface area contributed by atoms with Crippen molar-refractivity contribution in [2.24, 2.45) is 5.92 Å². The van der Waals surface area contributed by atoms with Crippen molar-refractivity contribution in [1.29, 1.82) is 0 Å². The van der Waals surface area contributed by atoms with Crippen LogP contribution in [0.3, 0.4) is 0 Å². The number of allylic oxidation sites excluding steroid dienone is 2. The van der Waals surface area contributed by atoms with E-state index in [1.165, 1.54) is 103 Å². The van der Waals surface area contributed by atoms with Gasteiger partial charge in [-0.05, 0) is 38.5 Å². The third-order valence-electron chi connectivity index (χ3n) is 6.27. The fourth-order valence-corrected chi connectivity index (χ4v) is 4.18. The van der Waals surface area contributed by atoms with E-state index < -0.39 is 11.9 Å². The van der Waals surface area contributed by atoms with Crippen LogP contribution in [0.15, 0.2) is 12.2 Å². The zero-order valence-electron chi connectivity index (χ0n) is 22.0. The van der Waals surface area contributed by atoms with Crippen LogP contribution in [0.1, 0.15) is 149 Å². The molecule has 0 aliphatic carbocycles. The molecule has 0 spiro atoms. The molecule has 1 atom stereocenters. The number of rotatable bonds is 25. The molecule has 0 rings (SSSR count). The van der Waals surface area contributed by atoms with Crippen molar-refractivity contribution < 1.29 is 19.4 Å². The molecule has 0 saturated heterocycles. The van der Waals surface area contributed by atoms with Gasteiger partial charge in [-0.1, -0.05) is 116 Å². The molecule has 0 radical (unpaired) electrons. The minimum Gasteiger partial charge on any atom is -0.481 e. The minimum absolute atomic E-state index is 0.112. The Morgan fingerprint density at radius 2 is 1.12 bits per heavy atom. The summed E-state index contributed by atoms with van der Waals surface area (Å²) in [6.07, 6.45) is 29.2. The van der Waals surface area contributed by atoms with E-state index in [9.17, 15) is 9.59 Å². The topological polar surface area (TPSA) is 63.6 Å². The van der Waals surface area contributed by atoms with Crippen molar-refractivity contribution in [3.63, 3.8) is 0 Å². The van der Waals surface area contributed by atoms with E-state index in [0.717, 1.165) is 19.3 Å². The first-order chi connectivity index (χ1) is 16.1. The number of unbranched alkanes of at least 4 members (excludes halogenated alkanes) is 16. The zero-order valence-corrected chi connectivity index (χ0v) is 22.0. The van der Waals surface area contributed by atoms with Gasteiger partial charge in [-0.2, -0.15) is 0 Å². The summed E-state index contributed by atoms with van der Waals surface area (Å²) in [5, 5.41) is 9.01. The van der Waals surface area contributed by atoms with Crippen LogP contribution in [0.5, 0.6) is 0 Å². The average Bonchev–Trinajstić information content (AvgIpc) is 2.80. The lowest BCUT2D eigenvalue weighted by Gasteiger charge is -2.13. The van der Waals surface area contributed by atoms with Crippen LogP contribution in [0.4, 0.5) is 0 Å². The molecule has 0 amide bonds. The SMILES string of the molecule is CCCCC/C=C/CCCCCCCCCCCCCCCC(CC(=O)O)C(=O)OCCC. The Labute approximate surface area is 204 Å². The highest BCUT2D eigenvalue weighted by atomic mass is 16.5. The minimum atomic E-state index is -0.918. The molecule has 0 bridgehead atoms. The summed E-state index contributed by atoms with van der Waals surface area (Å²) in [4.78, 5) is 23.0. The molecule has 0 heterocycles. The van der Waals surface area contributed by atoms with Crippen molar-refractivity contribution in [2.75, 3.05) is 6.61 Å². The number of ether oxygens (including phenoxy) is 1. The molecule has 4 nitrogen and oxygen atoms in total. The maximum absolute atomic E-state index is 12.0. The molecule has 194 valence electrons. The summed E-state index contributed by atoms with van der Waals surface area (Å²) < 4.78 is 5.14. The van der Waals surface area contributed by atoms with Crippen molar-refractivity contribution in [3.8, 4) is 0 Å². The summed E-state index contributed by atoms with van der Waals surface area (Å²) in [7, 11) is 0. The standard InChI is InChI=1S/C29H54O4/c1-3-5-6-7-8-9-10-11-12-13-14-15-16-17-18-19-20-21-22-23-24-27(26-28(30)31)29(32)33-25-4-2/h8-9,27H,3-7,10-26H2,1-2H3,(H,30,31)/b9-8+. The van der Waals surface area contributed by atoms with Gasteiger partial charge < -0.3 is 9.84 Å². The highest BCUT2D eigenvalue weighted by molar-refractivity contribution is 5.79. The lowest BCUT2D eigenvalue weighted by atomic mass is 9.97. The second-order valence-corrected chi connectivity index (χ2v) is 9.60. The number of carbonyl (C=O) groups is 2. The second-order valence-electron chi connectivity index (χ2n) is 9.60. The van der Waals surface area contributed by atoms with Crippen LogP contribution in [-0.4, -0.2) is 23.7 Å². The predicted molar refractivity (Wildman–Crippen MR) is 140 cm³/mol. The lowest BCUT2D eigenvalue weighted by Crippen LogP contribution is -2.21. The first-order valence-corrected chi connectivity index (χ1v) is 14.1. The lowest BCUT2D eigenvalue weighted by molar-refractivity contribution is -0.153. The Bertz CT molecular complexity index is 472. The van der Waals surface area contributed by atoms with Gasteiger partial charge in [0.25, 0.3) is 0 Å². The smallest absolute Gasteiger partial charge is 0.309 e. The summed E-state index contributed by atoms with van der Waals surface area (Å²) >= 11 is 0. The molecule has 1 N–H and O–H groups in total. The molecular weight excluding hydrogens is 412 g/mol. The maximum Gasteiger partial charge on any atom is 0.309 e. The van der Waals surface area contributed by atoms with Gasteiger partial charge in [0.15, 0.2) is 0 Å². The maximum atomic E-state index is 12.0. The van der Waals surface area contributed by atoms with E-state index in [-0.39, 0.29) is 12.4 Å². The molecule has 0 saturated carbocycles. The fraction of sp³-hybridized carbons (Fsp3) is 0.862. The number of carboxylic acids is 1. The zero-order chi connectivity index (χ0) is 24.4. The Morgan fingerprint density at radius 3 is 1.58 bits per heavy atom. The van der Waals surface area contributed by atoms with Crippen LogP contribution < -0.4 is 0 Å². The third kappa shape index (κ3) is 23.6. The number of hydrogen-bond acceptors (Lipinski definition) is 3. The molecule has 0 aromatic carbocycles. The van der Waals surface area contributed by atoms with Gasteiger partial charge in [-0.3, -0.25) is 9.59 Å². The number of aliphatic carboxylic acids is 1. The van der Waals surface area contributed by atoms with Gasteiger partial charge in [-0.25, -0.2) is 0 Å². The molecule has 0 aliphatic rings. The molecule has 0 aromatic heterocycles. The molecule has 0 fully saturated rings. The van der Waals surface area contributed by atoms with Crippen LogP contribution in [0.25, 0.3) is 0 Å². The first-order valence-electron chi connectivity index (χ1n) is 14.1. The van der Waals surface area contributed by atoms with E-state index in [4.69, 9.17) is 9.84 Å². The van der Waals surface area contributed by atoms with Gasteiger partial charge in [0.1, 0.15) is 0 Å². The summed E-state index contributed by atoms with van der Waals surface area (Å²) in [6, 6.07) is 0. The molecule has 0 aliphatic heterocycles. The van der Waals surface area contributed by atoms with Crippen LogP contribution in [-0.2, 0) is 14.3 Å². The van der Waals surface area contributed by atoms with Crippen LogP contribution in [0, 0.1) is 5.92 Å². The van der Waals surface area contributed by atoms with E-state index in [1.54, 1.807) is 0 Å². The Hall–Kier alpha value is -1.32. The van der Waals surface area contributed by atoms with Crippen LogP contribution >= 0.6 is 0 Å². The van der Waals surface area contributed by atoms with E-state index in [2.05, 4.69) is 19.1 Å². The van der Waals surface area contributed by atoms with Crippen molar-refractivity contribution in [3.05, 3.63) is 12.2 Å². The Kier molecular flexibility index (Phi) is 24.3. The van der Waals surface area contributed by atoms with Gasteiger partial charge >= 0.3 is 11.9 Å². The van der Waals surface area contributed by atoms with Crippen LogP contribution in [0.2, 0.25) is 0 Å². The predicted octanol–water partition coefficient (Wildman–Crippen LogP) is 9.02. The van der Waals surface area contributed by atoms with Gasteiger partial charge in [0, 0.05) is 0 Å². The second kappa shape index (κ2) is 25.3. The van der Waals surface area contributed by atoms with E-state index in [1.807, 2.05) is 6.92 Å². The van der Waals surface area contributed by atoms with Crippen molar-refractivity contribution >= 4 is 11.9 Å². The van der Waals surface area contributed by atoms with E-state index in [0.29, 0.717) is 13.0 Å². The number of hydrogen-bond donors (Lipinski definition) is 1. The quantitative estimate of drug-likeness (QED) is 0.0828. The summed E-state index contributed by atoms with van der Waals surface area (Å²) in [5.41, 5.74) is 0. The average molecular weight is 467 g/mol. The Balaban J connectivity index is 3.43. The first kappa shape index (κ1) is 31.7. The molecule has 1 unspecified atom stereocenters. The molecular formula is C29H54O4. The highest BCUT2D eigenvalue weighted by Crippen LogP contribution is 2.18. The number of esters is 1. The van der Waals surface area contributed by atoms with Crippen molar-refractivity contribution in [1.82, 2.24) is 0 Å². The molecule has 0 aromatic rings. The molecule has 33 heavy (non-hydrogen) atoms.